The molecule has 6 heteroatoms. The van der Waals surface area contributed by atoms with E-state index in [1.807, 2.05) is 24.3 Å². The zero-order valence-electron chi connectivity index (χ0n) is 10.9. The minimum absolute atomic E-state index is 0.178. The summed E-state index contributed by atoms with van der Waals surface area (Å²) in [5.41, 5.74) is 7.65. The van der Waals surface area contributed by atoms with E-state index in [4.69, 9.17) is 29.6 Å². The average Bonchev–Trinajstić information content (AvgIpc) is 2.43. The molecule has 0 aliphatic heterocycles. The van der Waals surface area contributed by atoms with Gasteiger partial charge in [-0.15, -0.1) is 0 Å². The molecule has 0 aliphatic carbocycles. The van der Waals surface area contributed by atoms with Crippen molar-refractivity contribution in [2.24, 2.45) is 5.73 Å². The summed E-state index contributed by atoms with van der Waals surface area (Å²) in [5, 5.41) is 3.38. The fraction of sp³-hybridized carbons (Fsp3) is 0.0667. The van der Waals surface area contributed by atoms with Crippen LogP contribution in [-0.2, 0) is 11.2 Å². The monoisotopic (exact) mass is 382 g/mol. The second-order valence-corrected chi connectivity index (χ2v) is 6.13. The molecule has 2 aromatic carbocycles. The van der Waals surface area contributed by atoms with Crippen LogP contribution >= 0.6 is 39.7 Å². The number of carbonyl (C=O) groups excluding carboxylic acids is 1. The van der Waals surface area contributed by atoms with Gasteiger partial charge in [0.2, 0.25) is 5.91 Å². The lowest BCUT2D eigenvalue weighted by atomic mass is 10.1. The minimum Gasteiger partial charge on any atom is -0.389 e. The summed E-state index contributed by atoms with van der Waals surface area (Å²) < 4.78 is 0.842. The molecule has 108 valence electrons. The van der Waals surface area contributed by atoms with Gasteiger partial charge in [-0.25, -0.2) is 0 Å². The molecule has 3 N–H and O–H groups in total. The van der Waals surface area contributed by atoms with Crippen molar-refractivity contribution in [3.8, 4) is 0 Å². The molecule has 3 nitrogen and oxygen atoms in total. The second kappa shape index (κ2) is 7.02. The van der Waals surface area contributed by atoms with Crippen molar-refractivity contribution in [1.29, 1.82) is 0 Å². The van der Waals surface area contributed by atoms with Gasteiger partial charge in [-0.1, -0.05) is 57.9 Å². The summed E-state index contributed by atoms with van der Waals surface area (Å²) in [6.45, 7) is 0. The number of hydrogen-bond acceptors (Lipinski definition) is 2. The van der Waals surface area contributed by atoms with E-state index in [0.717, 1.165) is 10.0 Å². The number of halogens is 2. The Labute approximate surface area is 141 Å². The number of anilines is 1. The minimum atomic E-state index is -0.178. The van der Waals surface area contributed by atoms with Crippen LogP contribution in [-0.4, -0.2) is 10.9 Å². The summed E-state index contributed by atoms with van der Waals surface area (Å²) in [7, 11) is 0. The van der Waals surface area contributed by atoms with Crippen LogP contribution in [0.25, 0.3) is 0 Å². The van der Waals surface area contributed by atoms with Crippen LogP contribution in [0.3, 0.4) is 0 Å². The highest BCUT2D eigenvalue weighted by Crippen LogP contribution is 2.22. The van der Waals surface area contributed by atoms with Gasteiger partial charge in [-0.05, 0) is 29.8 Å². The second-order valence-electron chi connectivity index (χ2n) is 4.37. The Hall–Kier alpha value is -1.43. The number of amides is 1. The first-order chi connectivity index (χ1) is 9.97. The molecule has 0 radical (unpaired) electrons. The Kier molecular flexibility index (Phi) is 5.33. The number of rotatable bonds is 4. The quantitative estimate of drug-likeness (QED) is 0.787. The zero-order chi connectivity index (χ0) is 15.4. The zero-order valence-corrected chi connectivity index (χ0v) is 14.1. The molecule has 0 spiro atoms. The van der Waals surface area contributed by atoms with Crippen LogP contribution < -0.4 is 11.1 Å². The van der Waals surface area contributed by atoms with E-state index in [9.17, 15) is 4.79 Å². The molecule has 2 rings (SSSR count). The van der Waals surface area contributed by atoms with Crippen LogP contribution in [0.1, 0.15) is 11.1 Å². The molecular weight excluding hydrogens is 372 g/mol. The van der Waals surface area contributed by atoms with Crippen LogP contribution in [0, 0.1) is 0 Å². The highest BCUT2D eigenvalue weighted by Gasteiger charge is 2.11. The van der Waals surface area contributed by atoms with E-state index in [2.05, 4.69) is 21.2 Å². The first-order valence-corrected chi connectivity index (χ1v) is 7.68. The van der Waals surface area contributed by atoms with Gasteiger partial charge < -0.3 is 11.1 Å². The SMILES string of the molecule is NC(=S)c1cc(Br)ccc1NC(=O)Cc1ccccc1Cl. The van der Waals surface area contributed by atoms with Gasteiger partial charge in [0, 0.05) is 15.1 Å². The lowest BCUT2D eigenvalue weighted by Crippen LogP contribution is -2.19. The largest absolute Gasteiger partial charge is 0.389 e. The van der Waals surface area contributed by atoms with Gasteiger partial charge in [0.25, 0.3) is 0 Å². The Morgan fingerprint density at radius 3 is 2.67 bits per heavy atom. The normalized spacial score (nSPS) is 10.2. The number of thiocarbonyl (C=S) groups is 1. The van der Waals surface area contributed by atoms with Crippen molar-refractivity contribution in [1.82, 2.24) is 0 Å². The molecule has 0 aromatic heterocycles. The van der Waals surface area contributed by atoms with Gasteiger partial charge >= 0.3 is 0 Å². The highest BCUT2D eigenvalue weighted by molar-refractivity contribution is 9.10. The van der Waals surface area contributed by atoms with Crippen molar-refractivity contribution < 1.29 is 4.79 Å². The van der Waals surface area contributed by atoms with E-state index in [1.54, 1.807) is 18.2 Å². The lowest BCUT2D eigenvalue weighted by molar-refractivity contribution is -0.115. The van der Waals surface area contributed by atoms with Crippen molar-refractivity contribution in [3.05, 3.63) is 63.1 Å². The van der Waals surface area contributed by atoms with Crippen LogP contribution in [0.2, 0.25) is 5.02 Å². The molecule has 0 fully saturated rings. The third kappa shape index (κ3) is 4.27. The first-order valence-electron chi connectivity index (χ1n) is 6.10. The maximum Gasteiger partial charge on any atom is 0.228 e. The predicted molar refractivity (Wildman–Crippen MR) is 93.8 cm³/mol. The molecule has 1 amide bonds. The van der Waals surface area contributed by atoms with Crippen LogP contribution in [0.5, 0.6) is 0 Å². The third-order valence-corrected chi connectivity index (χ3v) is 3.91. The van der Waals surface area contributed by atoms with Crippen LogP contribution in [0.4, 0.5) is 5.69 Å². The summed E-state index contributed by atoms with van der Waals surface area (Å²) in [6, 6.07) is 12.6. The highest BCUT2D eigenvalue weighted by atomic mass is 79.9. The van der Waals surface area contributed by atoms with Gasteiger partial charge in [0.1, 0.15) is 4.99 Å². The van der Waals surface area contributed by atoms with E-state index in [1.165, 1.54) is 0 Å². The summed E-state index contributed by atoms with van der Waals surface area (Å²) in [6.07, 6.45) is 0.187. The predicted octanol–water partition coefficient (Wildman–Crippen LogP) is 3.92. The maximum absolute atomic E-state index is 12.1. The van der Waals surface area contributed by atoms with Crippen LogP contribution in [0.15, 0.2) is 46.9 Å². The van der Waals surface area contributed by atoms with Crippen molar-refractivity contribution in [2.45, 2.75) is 6.42 Å². The third-order valence-electron chi connectivity index (χ3n) is 2.83. The standard InChI is InChI=1S/C15H12BrClN2OS/c16-10-5-6-13(11(8-10)15(18)21)19-14(20)7-9-3-1-2-4-12(9)17/h1-6,8H,7H2,(H2,18,21)(H,19,20). The average molecular weight is 384 g/mol. The van der Waals surface area contributed by atoms with Gasteiger partial charge in [-0.2, -0.15) is 0 Å². The van der Waals surface area contributed by atoms with Crippen molar-refractivity contribution >= 4 is 56.3 Å². The Morgan fingerprint density at radius 1 is 1.29 bits per heavy atom. The molecule has 0 bridgehead atoms. The van der Waals surface area contributed by atoms with E-state index >= 15 is 0 Å². The van der Waals surface area contributed by atoms with Gasteiger partial charge in [0.05, 0.1) is 12.1 Å². The van der Waals surface area contributed by atoms with Crippen molar-refractivity contribution in [2.75, 3.05) is 5.32 Å². The summed E-state index contributed by atoms with van der Waals surface area (Å²) in [5.74, 6) is -0.178. The fourth-order valence-corrected chi connectivity index (χ4v) is 2.57. The Balaban J connectivity index is 2.17. The molecule has 0 saturated heterocycles. The topological polar surface area (TPSA) is 55.1 Å². The molecule has 21 heavy (non-hydrogen) atoms. The number of carbonyl (C=O) groups is 1. The Bertz CT molecular complexity index is 706. The number of nitrogens with one attached hydrogen (secondary N) is 1. The van der Waals surface area contributed by atoms with E-state index in [0.29, 0.717) is 16.3 Å². The first kappa shape index (κ1) is 15.9. The molecule has 0 aliphatic rings. The van der Waals surface area contributed by atoms with E-state index in [-0.39, 0.29) is 17.3 Å². The Morgan fingerprint density at radius 2 is 2.00 bits per heavy atom. The number of hydrogen-bond donors (Lipinski definition) is 2. The van der Waals surface area contributed by atoms with Crippen molar-refractivity contribution in [3.63, 3.8) is 0 Å². The molecule has 0 heterocycles. The summed E-state index contributed by atoms with van der Waals surface area (Å²) in [4.78, 5) is 12.4. The molecule has 0 saturated carbocycles. The van der Waals surface area contributed by atoms with E-state index < -0.39 is 0 Å². The van der Waals surface area contributed by atoms with Gasteiger partial charge in [-0.3, -0.25) is 4.79 Å². The fourth-order valence-electron chi connectivity index (χ4n) is 1.84. The lowest BCUT2D eigenvalue weighted by Gasteiger charge is -2.11. The maximum atomic E-state index is 12.1. The molecule has 2 aromatic rings. The summed E-state index contributed by atoms with van der Waals surface area (Å²) >= 11 is 14.4. The molecule has 0 atom stereocenters. The number of nitrogens with two attached hydrogens (primary N) is 1. The smallest absolute Gasteiger partial charge is 0.228 e. The van der Waals surface area contributed by atoms with Gasteiger partial charge in [0.15, 0.2) is 0 Å². The molecule has 0 unspecified atom stereocenters. The molecular formula is C15H12BrClN2OS. The number of benzene rings is 2.